The van der Waals surface area contributed by atoms with E-state index in [1.807, 2.05) is 30.7 Å². The lowest BCUT2D eigenvalue weighted by Crippen LogP contribution is -2.53. The fourth-order valence-electron chi connectivity index (χ4n) is 4.29. The van der Waals surface area contributed by atoms with Gasteiger partial charge in [-0.25, -0.2) is 0 Å². The summed E-state index contributed by atoms with van der Waals surface area (Å²) in [6.07, 6.45) is 5.13. The van der Waals surface area contributed by atoms with Crippen molar-refractivity contribution in [2.24, 2.45) is 4.99 Å². The highest BCUT2D eigenvalue weighted by molar-refractivity contribution is 7.99. The van der Waals surface area contributed by atoms with Crippen molar-refractivity contribution in [1.82, 2.24) is 20.0 Å². The number of hydrogen-bond donors (Lipinski definition) is 1. The Morgan fingerprint density at radius 3 is 2.33 bits per heavy atom. The molecule has 2 fully saturated rings. The molecular weight excluding hydrogens is 358 g/mol. The zero-order valence-corrected chi connectivity index (χ0v) is 18.6. The van der Waals surface area contributed by atoms with Crippen molar-refractivity contribution < 1.29 is 4.79 Å². The molecule has 0 radical (unpaired) electrons. The summed E-state index contributed by atoms with van der Waals surface area (Å²) in [5.41, 5.74) is 0.228. The molecule has 0 atom stereocenters. The van der Waals surface area contributed by atoms with Gasteiger partial charge < -0.3 is 15.1 Å². The lowest BCUT2D eigenvalue weighted by molar-refractivity contribution is -0.131. The van der Waals surface area contributed by atoms with E-state index in [0.29, 0.717) is 6.54 Å². The molecule has 156 valence electrons. The number of aliphatic imine (C=N–C) groups is 1. The first-order valence-electron chi connectivity index (χ1n) is 10.7. The Hall–Kier alpha value is -0.950. The Bertz CT molecular complexity index is 483. The largest absolute Gasteiger partial charge is 0.357 e. The first kappa shape index (κ1) is 22.3. The first-order valence-corrected chi connectivity index (χ1v) is 11.8. The maximum absolute atomic E-state index is 12.5. The van der Waals surface area contributed by atoms with E-state index in [2.05, 4.69) is 28.9 Å². The van der Waals surface area contributed by atoms with Crippen molar-refractivity contribution in [3.63, 3.8) is 0 Å². The normalized spacial score (nSPS) is 20.5. The van der Waals surface area contributed by atoms with E-state index in [0.717, 1.165) is 32.1 Å². The number of nitrogens with one attached hydrogen (secondary N) is 1. The molecule has 7 heteroatoms. The van der Waals surface area contributed by atoms with Crippen LogP contribution in [0.4, 0.5) is 0 Å². The quantitative estimate of drug-likeness (QED) is 0.502. The average molecular weight is 398 g/mol. The van der Waals surface area contributed by atoms with Crippen LogP contribution in [0.25, 0.3) is 0 Å². The molecule has 0 aromatic heterocycles. The minimum absolute atomic E-state index is 0.164. The summed E-state index contributed by atoms with van der Waals surface area (Å²) in [4.78, 5) is 24.1. The van der Waals surface area contributed by atoms with E-state index in [9.17, 15) is 4.79 Å². The molecule has 0 bridgehead atoms. The lowest BCUT2D eigenvalue weighted by Gasteiger charge is -2.42. The number of hydrogen-bond acceptors (Lipinski definition) is 4. The summed E-state index contributed by atoms with van der Waals surface area (Å²) in [7, 11) is 1.97. The van der Waals surface area contributed by atoms with E-state index in [-0.39, 0.29) is 11.4 Å². The van der Waals surface area contributed by atoms with E-state index in [1.54, 1.807) is 0 Å². The monoisotopic (exact) mass is 397 g/mol. The van der Waals surface area contributed by atoms with E-state index in [4.69, 9.17) is 4.99 Å². The van der Waals surface area contributed by atoms with Crippen molar-refractivity contribution in [3.05, 3.63) is 0 Å². The molecule has 6 nitrogen and oxygen atoms in total. The van der Waals surface area contributed by atoms with Gasteiger partial charge in [0.25, 0.3) is 0 Å². The summed E-state index contributed by atoms with van der Waals surface area (Å²) in [6.45, 7) is 12.1. The number of rotatable bonds is 8. The second-order valence-electron chi connectivity index (χ2n) is 7.62. The minimum atomic E-state index is 0.164. The maximum Gasteiger partial charge on any atom is 0.242 e. The number of carbonyl (C=O) groups excluding carboxylic acids is 1. The second-order valence-corrected chi connectivity index (χ2v) is 8.85. The molecular formula is C20H39N5OS. The Morgan fingerprint density at radius 2 is 1.78 bits per heavy atom. The molecule has 1 saturated heterocycles. The summed E-state index contributed by atoms with van der Waals surface area (Å²) in [5.74, 6) is 3.50. The van der Waals surface area contributed by atoms with Crippen molar-refractivity contribution in [1.29, 1.82) is 0 Å². The molecule has 27 heavy (non-hydrogen) atoms. The van der Waals surface area contributed by atoms with Crippen LogP contribution in [-0.2, 0) is 4.79 Å². The van der Waals surface area contributed by atoms with Crippen LogP contribution >= 0.6 is 11.8 Å². The van der Waals surface area contributed by atoms with Gasteiger partial charge in [-0.05, 0) is 33.6 Å². The van der Waals surface area contributed by atoms with Gasteiger partial charge in [0.05, 0.1) is 13.1 Å². The number of nitrogens with zero attached hydrogens (tertiary/aromatic N) is 4. The first-order chi connectivity index (χ1) is 13.1. The molecule has 0 aromatic rings. The van der Waals surface area contributed by atoms with Crippen molar-refractivity contribution in [2.75, 3.05) is 64.4 Å². The van der Waals surface area contributed by atoms with Gasteiger partial charge in [0.1, 0.15) is 0 Å². The van der Waals surface area contributed by atoms with Gasteiger partial charge >= 0.3 is 0 Å². The van der Waals surface area contributed by atoms with Crippen molar-refractivity contribution >= 4 is 23.6 Å². The van der Waals surface area contributed by atoms with Crippen molar-refractivity contribution in [2.45, 2.75) is 52.0 Å². The number of guanidine groups is 1. The fraction of sp³-hybridized carbons (Fsp3) is 0.900. The second kappa shape index (κ2) is 11.1. The molecule has 1 saturated carbocycles. The van der Waals surface area contributed by atoms with Crippen LogP contribution in [0.5, 0.6) is 0 Å². The van der Waals surface area contributed by atoms with Gasteiger partial charge in [-0.15, -0.1) is 0 Å². The van der Waals surface area contributed by atoms with E-state index in [1.165, 1.54) is 50.3 Å². The van der Waals surface area contributed by atoms with Crippen LogP contribution in [0.15, 0.2) is 4.99 Å². The van der Waals surface area contributed by atoms with E-state index >= 15 is 0 Å². The number of carbonyl (C=O) groups is 1. The molecule has 1 aliphatic carbocycles. The third-order valence-corrected chi connectivity index (χ3v) is 6.87. The summed E-state index contributed by atoms with van der Waals surface area (Å²) < 4.78 is 0. The Balaban J connectivity index is 2.06. The predicted octanol–water partition coefficient (Wildman–Crippen LogP) is 2.11. The highest BCUT2D eigenvalue weighted by Gasteiger charge is 2.40. The lowest BCUT2D eigenvalue weighted by atomic mass is 9.95. The SMILES string of the molecule is CCNC(=NCC1(N2CCSCC2)CCCC1)N(C)CC(=O)N(CC)CC. The van der Waals surface area contributed by atoms with Gasteiger partial charge in [-0.1, -0.05) is 12.8 Å². The fourth-order valence-corrected chi connectivity index (χ4v) is 5.19. The van der Waals surface area contributed by atoms with Gasteiger partial charge in [-0.3, -0.25) is 14.7 Å². The smallest absolute Gasteiger partial charge is 0.242 e. The topological polar surface area (TPSA) is 51.2 Å². The minimum Gasteiger partial charge on any atom is -0.357 e. The summed E-state index contributed by atoms with van der Waals surface area (Å²) in [6, 6.07) is 0. The zero-order chi connectivity index (χ0) is 19.7. The summed E-state index contributed by atoms with van der Waals surface area (Å²) in [5, 5.41) is 3.39. The van der Waals surface area contributed by atoms with Crippen LogP contribution in [0.3, 0.4) is 0 Å². The third kappa shape index (κ3) is 6.01. The van der Waals surface area contributed by atoms with Crippen LogP contribution in [0, 0.1) is 0 Å². The van der Waals surface area contributed by atoms with Gasteiger partial charge in [0.15, 0.2) is 5.96 Å². The predicted molar refractivity (Wildman–Crippen MR) is 117 cm³/mol. The zero-order valence-electron chi connectivity index (χ0n) is 17.8. The van der Waals surface area contributed by atoms with Crippen molar-refractivity contribution in [3.8, 4) is 0 Å². The van der Waals surface area contributed by atoms with Gasteiger partial charge in [0, 0.05) is 56.8 Å². The number of likely N-dealkylation sites (N-methyl/N-ethyl adjacent to an activating group) is 2. The van der Waals surface area contributed by atoms with Crippen LogP contribution < -0.4 is 5.32 Å². The van der Waals surface area contributed by atoms with Crippen LogP contribution in [0.1, 0.15) is 46.5 Å². The molecule has 2 rings (SSSR count). The standard InChI is InChI=1S/C20H39N5OS/c1-5-21-19(23(4)16-18(26)24(6-2)7-3)22-17-20(10-8-9-11-20)25-12-14-27-15-13-25/h5-17H2,1-4H3,(H,21,22). The molecule has 1 N–H and O–H groups in total. The average Bonchev–Trinajstić information content (AvgIpc) is 3.17. The Labute approximate surface area is 170 Å². The molecule has 0 aromatic carbocycles. The maximum atomic E-state index is 12.5. The molecule has 1 amide bonds. The summed E-state index contributed by atoms with van der Waals surface area (Å²) >= 11 is 2.07. The highest BCUT2D eigenvalue weighted by Crippen LogP contribution is 2.37. The molecule has 0 unspecified atom stereocenters. The van der Waals surface area contributed by atoms with Crippen LogP contribution in [0.2, 0.25) is 0 Å². The van der Waals surface area contributed by atoms with Gasteiger partial charge in [0.2, 0.25) is 5.91 Å². The Morgan fingerprint density at radius 1 is 1.15 bits per heavy atom. The number of thioether (sulfide) groups is 1. The molecule has 1 heterocycles. The molecule has 2 aliphatic rings. The third-order valence-electron chi connectivity index (χ3n) is 5.92. The highest BCUT2D eigenvalue weighted by atomic mass is 32.2. The van der Waals surface area contributed by atoms with Gasteiger partial charge in [-0.2, -0.15) is 11.8 Å². The molecule has 1 aliphatic heterocycles. The van der Waals surface area contributed by atoms with Crippen LogP contribution in [-0.4, -0.2) is 96.5 Å². The molecule has 0 spiro atoms. The number of amides is 1. The van der Waals surface area contributed by atoms with E-state index < -0.39 is 0 Å². The Kier molecular flexibility index (Phi) is 9.22.